The Morgan fingerprint density at radius 3 is 2.52 bits per heavy atom. The van der Waals surface area contributed by atoms with Crippen molar-refractivity contribution in [2.24, 2.45) is 0 Å². The highest BCUT2D eigenvalue weighted by atomic mass is 16.6. The molecule has 0 spiro atoms. The van der Waals surface area contributed by atoms with Gasteiger partial charge in [-0.25, -0.2) is 4.98 Å². The topological polar surface area (TPSA) is 68.1 Å². The van der Waals surface area contributed by atoms with Gasteiger partial charge in [0.25, 0.3) is 0 Å². The van der Waals surface area contributed by atoms with Gasteiger partial charge < -0.3 is 5.32 Å². The Kier molecular flexibility index (Phi) is 4.55. The fourth-order valence-electron chi connectivity index (χ4n) is 3.52. The van der Waals surface area contributed by atoms with Gasteiger partial charge in [-0.2, -0.15) is 0 Å². The van der Waals surface area contributed by atoms with Gasteiger partial charge in [0.2, 0.25) is 5.82 Å². The van der Waals surface area contributed by atoms with E-state index >= 15 is 0 Å². The zero-order chi connectivity index (χ0) is 16.1. The molecule has 0 aliphatic heterocycles. The van der Waals surface area contributed by atoms with E-state index in [2.05, 4.69) is 34.6 Å². The van der Waals surface area contributed by atoms with Gasteiger partial charge in [0.05, 0.1) is 4.92 Å². The van der Waals surface area contributed by atoms with E-state index in [1.54, 1.807) is 12.3 Å². The molecule has 0 unspecified atom stereocenters. The van der Waals surface area contributed by atoms with E-state index in [4.69, 9.17) is 0 Å². The van der Waals surface area contributed by atoms with Gasteiger partial charge in [-0.3, -0.25) is 10.1 Å². The van der Waals surface area contributed by atoms with Crippen molar-refractivity contribution in [1.29, 1.82) is 0 Å². The van der Waals surface area contributed by atoms with Gasteiger partial charge in [-0.15, -0.1) is 0 Å². The summed E-state index contributed by atoms with van der Waals surface area (Å²) < 4.78 is 0. The Balaban J connectivity index is 1.85. The van der Waals surface area contributed by atoms with Crippen LogP contribution in [-0.2, 0) is 5.41 Å². The zero-order valence-electron chi connectivity index (χ0n) is 13.1. The number of nitrogens with zero attached hydrogens (tertiary/aromatic N) is 2. The maximum Gasteiger partial charge on any atom is 0.311 e. The molecule has 0 bridgehead atoms. The van der Waals surface area contributed by atoms with Gasteiger partial charge in [0.15, 0.2) is 0 Å². The van der Waals surface area contributed by atoms with Crippen molar-refractivity contribution in [2.75, 3.05) is 11.9 Å². The second-order valence-electron chi connectivity index (χ2n) is 6.19. The maximum absolute atomic E-state index is 11.1. The van der Waals surface area contributed by atoms with Gasteiger partial charge in [0.1, 0.15) is 0 Å². The van der Waals surface area contributed by atoms with Crippen LogP contribution in [0.3, 0.4) is 0 Å². The minimum absolute atomic E-state index is 0.0326. The first-order chi connectivity index (χ1) is 11.2. The fraction of sp³-hybridized carbons (Fsp3) is 0.389. The van der Waals surface area contributed by atoms with Crippen LogP contribution in [0, 0.1) is 10.1 Å². The third-order valence-electron chi connectivity index (χ3n) is 4.77. The van der Waals surface area contributed by atoms with E-state index in [1.165, 1.54) is 30.9 Å². The van der Waals surface area contributed by atoms with Crippen molar-refractivity contribution in [3.8, 4) is 0 Å². The number of hydrogen-bond acceptors (Lipinski definition) is 4. The summed E-state index contributed by atoms with van der Waals surface area (Å²) in [5.41, 5.74) is 1.38. The van der Waals surface area contributed by atoms with Crippen LogP contribution in [0.5, 0.6) is 0 Å². The Labute approximate surface area is 135 Å². The highest BCUT2D eigenvalue weighted by molar-refractivity contribution is 5.55. The maximum atomic E-state index is 11.1. The molecule has 5 heteroatoms. The van der Waals surface area contributed by atoms with Crippen LogP contribution in [0.4, 0.5) is 11.5 Å². The van der Waals surface area contributed by atoms with E-state index < -0.39 is 0 Å². The molecule has 3 rings (SSSR count). The molecule has 120 valence electrons. The van der Waals surface area contributed by atoms with Gasteiger partial charge >= 0.3 is 5.69 Å². The summed E-state index contributed by atoms with van der Waals surface area (Å²) in [6, 6.07) is 13.6. The first kappa shape index (κ1) is 15.5. The number of benzene rings is 1. The van der Waals surface area contributed by atoms with Gasteiger partial charge in [-0.05, 0) is 24.5 Å². The van der Waals surface area contributed by atoms with Crippen molar-refractivity contribution in [3.05, 3.63) is 64.3 Å². The Bertz CT molecular complexity index is 667. The van der Waals surface area contributed by atoms with Crippen molar-refractivity contribution in [3.63, 3.8) is 0 Å². The molecule has 1 heterocycles. The summed E-state index contributed by atoms with van der Waals surface area (Å²) in [5.74, 6) is 0.360. The normalized spacial score (nSPS) is 16.7. The molecule has 5 nitrogen and oxygen atoms in total. The summed E-state index contributed by atoms with van der Waals surface area (Å²) in [6.45, 7) is 0.675. The number of rotatable bonds is 5. The predicted molar refractivity (Wildman–Crippen MR) is 90.6 cm³/mol. The number of pyridine rings is 1. The van der Waals surface area contributed by atoms with E-state index in [-0.39, 0.29) is 16.0 Å². The summed E-state index contributed by atoms with van der Waals surface area (Å²) in [5, 5.41) is 14.4. The van der Waals surface area contributed by atoms with Crippen molar-refractivity contribution in [2.45, 2.75) is 37.5 Å². The molecule has 0 amide bonds. The van der Waals surface area contributed by atoms with Gasteiger partial charge in [-0.1, -0.05) is 49.6 Å². The fourth-order valence-corrected chi connectivity index (χ4v) is 3.52. The van der Waals surface area contributed by atoms with E-state index in [9.17, 15) is 10.1 Å². The summed E-state index contributed by atoms with van der Waals surface area (Å²) in [4.78, 5) is 14.9. The smallest absolute Gasteiger partial charge is 0.311 e. The average Bonchev–Trinajstić information content (AvgIpc) is 2.62. The van der Waals surface area contributed by atoms with Crippen LogP contribution in [0.1, 0.15) is 37.7 Å². The molecule has 0 saturated heterocycles. The lowest BCUT2D eigenvalue weighted by Crippen LogP contribution is -2.36. The molecule has 1 N–H and O–H groups in total. The quantitative estimate of drug-likeness (QED) is 0.660. The van der Waals surface area contributed by atoms with E-state index in [0.717, 1.165) is 12.8 Å². The first-order valence-electron chi connectivity index (χ1n) is 8.10. The zero-order valence-corrected chi connectivity index (χ0v) is 13.1. The van der Waals surface area contributed by atoms with Crippen LogP contribution >= 0.6 is 0 Å². The molecule has 1 aliphatic carbocycles. The monoisotopic (exact) mass is 311 g/mol. The molecular weight excluding hydrogens is 290 g/mol. The second-order valence-corrected chi connectivity index (χ2v) is 6.19. The number of nitro groups is 1. The third-order valence-corrected chi connectivity index (χ3v) is 4.77. The lowest BCUT2D eigenvalue weighted by atomic mass is 9.69. The molecule has 2 aromatic rings. The SMILES string of the molecule is O=[N+]([O-])c1cccnc1NCC1(c2ccccc2)CCCCC1. The first-order valence-corrected chi connectivity index (χ1v) is 8.10. The van der Waals surface area contributed by atoms with Crippen LogP contribution < -0.4 is 5.32 Å². The minimum atomic E-state index is -0.384. The molecular formula is C18H21N3O2. The second kappa shape index (κ2) is 6.77. The van der Waals surface area contributed by atoms with Gasteiger partial charge in [0, 0.05) is 24.2 Å². The largest absolute Gasteiger partial charge is 0.363 e. The molecule has 0 radical (unpaired) electrons. The predicted octanol–water partition coefficient (Wildman–Crippen LogP) is 4.30. The lowest BCUT2D eigenvalue weighted by molar-refractivity contribution is -0.384. The molecule has 1 saturated carbocycles. The summed E-state index contributed by atoms with van der Waals surface area (Å²) in [6.07, 6.45) is 7.45. The summed E-state index contributed by atoms with van der Waals surface area (Å²) >= 11 is 0. The molecule has 23 heavy (non-hydrogen) atoms. The van der Waals surface area contributed by atoms with E-state index in [0.29, 0.717) is 12.4 Å². The van der Waals surface area contributed by atoms with Crippen molar-refractivity contribution < 1.29 is 4.92 Å². The van der Waals surface area contributed by atoms with Crippen molar-refractivity contribution >= 4 is 11.5 Å². The molecule has 1 aliphatic rings. The van der Waals surface area contributed by atoms with Crippen LogP contribution in [0.25, 0.3) is 0 Å². The van der Waals surface area contributed by atoms with Crippen LogP contribution in [0.2, 0.25) is 0 Å². The Morgan fingerprint density at radius 2 is 1.83 bits per heavy atom. The lowest BCUT2D eigenvalue weighted by Gasteiger charge is -2.38. The number of hydrogen-bond donors (Lipinski definition) is 1. The number of aromatic nitrogens is 1. The Hall–Kier alpha value is -2.43. The standard InChI is InChI=1S/C18H21N3O2/c22-21(23)16-10-7-13-19-17(16)20-14-18(11-5-2-6-12-18)15-8-3-1-4-9-15/h1,3-4,7-10,13H,2,5-6,11-12,14H2,(H,19,20). The molecule has 1 fully saturated rings. The van der Waals surface area contributed by atoms with Crippen LogP contribution in [-0.4, -0.2) is 16.5 Å². The number of nitrogens with one attached hydrogen (secondary N) is 1. The molecule has 0 atom stereocenters. The highest BCUT2D eigenvalue weighted by Crippen LogP contribution is 2.39. The van der Waals surface area contributed by atoms with Crippen molar-refractivity contribution in [1.82, 2.24) is 4.98 Å². The average molecular weight is 311 g/mol. The summed E-state index contributed by atoms with van der Waals surface area (Å²) in [7, 11) is 0. The minimum Gasteiger partial charge on any atom is -0.363 e. The third kappa shape index (κ3) is 3.33. The molecule has 1 aromatic heterocycles. The van der Waals surface area contributed by atoms with E-state index in [1.807, 2.05) is 6.07 Å². The van der Waals surface area contributed by atoms with Crippen LogP contribution in [0.15, 0.2) is 48.7 Å². The highest BCUT2D eigenvalue weighted by Gasteiger charge is 2.34. The Morgan fingerprint density at radius 1 is 1.09 bits per heavy atom. The molecule has 1 aromatic carbocycles. The number of anilines is 1.